The van der Waals surface area contributed by atoms with Crippen molar-refractivity contribution in [3.63, 3.8) is 0 Å². The van der Waals surface area contributed by atoms with Gasteiger partial charge in [0.1, 0.15) is 0 Å². The Kier molecular flexibility index (Phi) is 4.11. The van der Waals surface area contributed by atoms with Crippen LogP contribution in [0.25, 0.3) is 0 Å². The molecule has 0 bridgehead atoms. The summed E-state index contributed by atoms with van der Waals surface area (Å²) in [5, 5.41) is 0. The third-order valence-electron chi connectivity index (χ3n) is 4.30. The van der Waals surface area contributed by atoms with Crippen molar-refractivity contribution >= 4 is 19.7 Å². The highest BCUT2D eigenvalue weighted by atomic mass is 35.7. The van der Waals surface area contributed by atoms with Gasteiger partial charge >= 0.3 is 6.18 Å². The van der Waals surface area contributed by atoms with Crippen molar-refractivity contribution < 1.29 is 26.3 Å². The fraction of sp³-hybridized carbons (Fsp3) is 1.00. The lowest BCUT2D eigenvalue weighted by atomic mass is 9.66. The second kappa shape index (κ2) is 5.07. The van der Waals surface area contributed by atoms with Crippen molar-refractivity contribution in [1.82, 2.24) is 0 Å². The minimum Gasteiger partial charge on any atom is -0.377 e. The average molecular weight is 321 g/mol. The molecule has 0 aromatic carbocycles. The maximum atomic E-state index is 12.9. The monoisotopic (exact) mass is 320 g/mol. The van der Waals surface area contributed by atoms with E-state index in [9.17, 15) is 21.6 Å². The van der Waals surface area contributed by atoms with Crippen molar-refractivity contribution in [3.8, 4) is 0 Å². The molecule has 1 heterocycles. The van der Waals surface area contributed by atoms with E-state index in [1.54, 1.807) is 0 Å². The molecule has 112 valence electrons. The zero-order chi connectivity index (χ0) is 14.3. The highest BCUT2D eigenvalue weighted by Gasteiger charge is 2.53. The lowest BCUT2D eigenvalue weighted by molar-refractivity contribution is -0.194. The Balaban J connectivity index is 2.16. The molecule has 2 rings (SSSR count). The molecule has 0 N–H and O–H groups in total. The number of halogens is 4. The van der Waals surface area contributed by atoms with Crippen LogP contribution in [-0.4, -0.2) is 33.1 Å². The topological polar surface area (TPSA) is 43.4 Å². The Morgan fingerprint density at radius 3 is 2.58 bits per heavy atom. The van der Waals surface area contributed by atoms with E-state index < -0.39 is 38.4 Å². The highest BCUT2D eigenvalue weighted by Crippen LogP contribution is 2.52. The van der Waals surface area contributed by atoms with Gasteiger partial charge in [-0.25, -0.2) is 8.42 Å². The first-order valence-electron chi connectivity index (χ1n) is 6.23. The van der Waals surface area contributed by atoms with Gasteiger partial charge in [0.25, 0.3) is 0 Å². The SMILES string of the molecule is O=S(=O)(Cl)CC1OCCC12CCCC(C(F)(F)F)C2. The van der Waals surface area contributed by atoms with E-state index in [4.69, 9.17) is 15.4 Å². The Hall–Kier alpha value is -0.0100. The van der Waals surface area contributed by atoms with E-state index in [0.717, 1.165) is 0 Å². The fourth-order valence-corrected chi connectivity index (χ4v) is 4.50. The lowest BCUT2D eigenvalue weighted by Crippen LogP contribution is -2.42. The third-order valence-corrected chi connectivity index (χ3v) is 5.37. The Bertz CT molecular complexity index is 437. The number of hydrogen-bond donors (Lipinski definition) is 0. The molecular formula is C11H16ClF3O3S. The molecule has 19 heavy (non-hydrogen) atoms. The first-order chi connectivity index (χ1) is 8.62. The maximum absolute atomic E-state index is 12.9. The standard InChI is InChI=1S/C11H16ClF3O3S/c12-19(16,17)7-9-10(4-5-18-9)3-1-2-8(6-10)11(13,14)15/h8-9H,1-7H2. The molecule has 3 atom stereocenters. The normalized spacial score (nSPS) is 36.8. The Morgan fingerprint density at radius 1 is 1.32 bits per heavy atom. The van der Waals surface area contributed by atoms with Crippen molar-refractivity contribution in [1.29, 1.82) is 0 Å². The van der Waals surface area contributed by atoms with Crippen molar-refractivity contribution in [2.24, 2.45) is 11.3 Å². The fourth-order valence-electron chi connectivity index (χ4n) is 3.34. The summed E-state index contributed by atoms with van der Waals surface area (Å²) in [7, 11) is 1.44. The minimum atomic E-state index is -4.22. The van der Waals surface area contributed by atoms with Crippen LogP contribution in [0.4, 0.5) is 13.2 Å². The second-order valence-electron chi connectivity index (χ2n) is 5.51. The van der Waals surface area contributed by atoms with Crippen LogP contribution in [0.15, 0.2) is 0 Å². The smallest absolute Gasteiger partial charge is 0.377 e. The summed E-state index contributed by atoms with van der Waals surface area (Å²) in [4.78, 5) is 0. The van der Waals surface area contributed by atoms with Crippen LogP contribution in [0.1, 0.15) is 32.1 Å². The molecule has 2 aliphatic rings. The van der Waals surface area contributed by atoms with E-state index in [0.29, 0.717) is 25.9 Å². The zero-order valence-electron chi connectivity index (χ0n) is 10.2. The van der Waals surface area contributed by atoms with E-state index >= 15 is 0 Å². The first kappa shape index (κ1) is 15.4. The lowest BCUT2D eigenvalue weighted by Gasteiger charge is -2.41. The van der Waals surface area contributed by atoms with Crippen molar-refractivity contribution in [3.05, 3.63) is 0 Å². The second-order valence-corrected chi connectivity index (χ2v) is 8.33. The summed E-state index contributed by atoms with van der Waals surface area (Å²) < 4.78 is 66.2. The van der Waals surface area contributed by atoms with Gasteiger partial charge in [-0.05, 0) is 25.7 Å². The number of alkyl halides is 3. The third kappa shape index (κ3) is 3.55. The molecule has 0 aromatic rings. The maximum Gasteiger partial charge on any atom is 0.391 e. The van der Waals surface area contributed by atoms with Gasteiger partial charge in [-0.2, -0.15) is 13.2 Å². The van der Waals surface area contributed by atoms with Crippen LogP contribution in [0.5, 0.6) is 0 Å². The van der Waals surface area contributed by atoms with Gasteiger partial charge in [0, 0.05) is 22.7 Å². The Morgan fingerprint density at radius 2 is 2.00 bits per heavy atom. The van der Waals surface area contributed by atoms with Gasteiger partial charge in [0.15, 0.2) is 0 Å². The predicted molar refractivity (Wildman–Crippen MR) is 64.4 cm³/mol. The average Bonchev–Trinajstić information content (AvgIpc) is 2.58. The molecule has 2 fully saturated rings. The number of hydrogen-bond acceptors (Lipinski definition) is 3. The highest BCUT2D eigenvalue weighted by molar-refractivity contribution is 8.13. The van der Waals surface area contributed by atoms with Crippen LogP contribution < -0.4 is 0 Å². The van der Waals surface area contributed by atoms with Gasteiger partial charge in [0.2, 0.25) is 9.05 Å². The van der Waals surface area contributed by atoms with Crippen molar-refractivity contribution in [2.45, 2.75) is 44.4 Å². The van der Waals surface area contributed by atoms with Crippen LogP contribution in [0.2, 0.25) is 0 Å². The molecule has 1 saturated heterocycles. The molecule has 8 heteroatoms. The van der Waals surface area contributed by atoms with E-state index in [1.807, 2.05) is 0 Å². The van der Waals surface area contributed by atoms with E-state index in [1.165, 1.54) is 0 Å². The summed E-state index contributed by atoms with van der Waals surface area (Å²) in [6.45, 7) is 0.307. The minimum absolute atomic E-state index is 0.0480. The van der Waals surface area contributed by atoms with Crippen LogP contribution >= 0.6 is 10.7 Å². The molecule has 3 unspecified atom stereocenters. The molecular weight excluding hydrogens is 305 g/mol. The summed E-state index contributed by atoms with van der Waals surface area (Å²) in [5.74, 6) is -1.76. The molecule has 0 amide bonds. The zero-order valence-corrected chi connectivity index (χ0v) is 11.8. The molecule has 0 radical (unpaired) electrons. The molecule has 1 aliphatic heterocycles. The quantitative estimate of drug-likeness (QED) is 0.734. The van der Waals surface area contributed by atoms with Crippen LogP contribution in [0.3, 0.4) is 0 Å². The van der Waals surface area contributed by atoms with Gasteiger partial charge < -0.3 is 4.74 Å². The van der Waals surface area contributed by atoms with E-state index in [-0.39, 0.29) is 12.8 Å². The molecule has 0 aromatic heterocycles. The molecule has 1 saturated carbocycles. The summed E-state index contributed by atoms with van der Waals surface area (Å²) in [5.41, 5.74) is -0.680. The molecule has 1 spiro atoms. The van der Waals surface area contributed by atoms with Crippen LogP contribution in [0, 0.1) is 11.3 Å². The molecule has 1 aliphatic carbocycles. The van der Waals surface area contributed by atoms with Gasteiger partial charge in [-0.1, -0.05) is 6.42 Å². The summed E-state index contributed by atoms with van der Waals surface area (Å²) >= 11 is 0. The molecule has 3 nitrogen and oxygen atoms in total. The van der Waals surface area contributed by atoms with Gasteiger partial charge in [-0.3, -0.25) is 0 Å². The summed E-state index contributed by atoms with van der Waals surface area (Å²) in [6.07, 6.45) is -3.35. The van der Waals surface area contributed by atoms with E-state index in [2.05, 4.69) is 0 Å². The number of ether oxygens (including phenoxy) is 1. The Labute approximate surface area is 114 Å². The summed E-state index contributed by atoms with van der Waals surface area (Å²) in [6, 6.07) is 0. The largest absolute Gasteiger partial charge is 0.391 e. The van der Waals surface area contributed by atoms with Crippen molar-refractivity contribution in [2.75, 3.05) is 12.4 Å². The van der Waals surface area contributed by atoms with Gasteiger partial charge in [0.05, 0.1) is 17.8 Å². The van der Waals surface area contributed by atoms with Gasteiger partial charge in [-0.15, -0.1) is 0 Å². The van der Waals surface area contributed by atoms with Crippen LogP contribution in [-0.2, 0) is 13.8 Å². The predicted octanol–water partition coefficient (Wildman–Crippen LogP) is 3.08. The number of rotatable bonds is 2. The first-order valence-corrected chi connectivity index (χ1v) is 8.71.